The molecule has 1 heterocycles. The Hall–Kier alpha value is -1.78. The third kappa shape index (κ3) is 2.57. The van der Waals surface area contributed by atoms with Crippen molar-refractivity contribution >= 4 is 11.8 Å². The molecule has 1 fully saturated rings. The van der Waals surface area contributed by atoms with Crippen LogP contribution in [-0.2, 0) is 4.74 Å². The van der Waals surface area contributed by atoms with Crippen LogP contribution in [0.1, 0.15) is 37.0 Å². The number of pyridine rings is 1. The molecule has 20 heavy (non-hydrogen) atoms. The Labute approximate surface area is 119 Å². The molecule has 0 spiro atoms. The van der Waals surface area contributed by atoms with E-state index < -0.39 is 5.97 Å². The van der Waals surface area contributed by atoms with Gasteiger partial charge in [-0.15, -0.1) is 0 Å². The van der Waals surface area contributed by atoms with Crippen LogP contribution in [0.2, 0.25) is 0 Å². The van der Waals surface area contributed by atoms with E-state index in [0.29, 0.717) is 22.9 Å². The van der Waals surface area contributed by atoms with Gasteiger partial charge in [-0.25, -0.2) is 4.79 Å². The second kappa shape index (κ2) is 5.31. The van der Waals surface area contributed by atoms with Crippen LogP contribution >= 0.6 is 0 Å². The highest BCUT2D eigenvalue weighted by Crippen LogP contribution is 2.50. The summed E-state index contributed by atoms with van der Waals surface area (Å²) in [5.41, 5.74) is 0.711. The number of methoxy groups -OCH3 is 2. The van der Waals surface area contributed by atoms with Crippen molar-refractivity contribution in [3.05, 3.63) is 17.7 Å². The Morgan fingerprint density at radius 1 is 1.40 bits per heavy atom. The molecule has 0 aliphatic heterocycles. The normalized spacial score (nSPS) is 17.2. The highest BCUT2D eigenvalue weighted by atomic mass is 16.5. The number of aromatic nitrogens is 1. The molecule has 0 radical (unpaired) electrons. The fourth-order valence-corrected chi connectivity index (χ4v) is 2.33. The highest BCUT2D eigenvalue weighted by Gasteiger charge is 2.44. The standard InChI is InChI=1S/C15H22N2O3/c1-10(15(2)8-9-15)17(3)12-7-6-11(14(18)20-5)13(16-12)19-4/h6-7,10H,8-9H2,1-5H3. The molecule has 5 heteroatoms. The van der Waals surface area contributed by atoms with E-state index >= 15 is 0 Å². The molecule has 1 aromatic rings. The van der Waals surface area contributed by atoms with Gasteiger partial charge >= 0.3 is 5.97 Å². The summed E-state index contributed by atoms with van der Waals surface area (Å²) in [6.07, 6.45) is 2.49. The monoisotopic (exact) mass is 278 g/mol. The summed E-state index contributed by atoms with van der Waals surface area (Å²) in [5.74, 6) is 0.662. The molecule has 0 amide bonds. The summed E-state index contributed by atoms with van der Waals surface area (Å²) in [5, 5.41) is 0. The maximum atomic E-state index is 11.6. The SMILES string of the molecule is COC(=O)c1ccc(N(C)C(C)C2(C)CC2)nc1OC. The predicted octanol–water partition coefficient (Wildman–Crippen LogP) is 2.50. The van der Waals surface area contributed by atoms with Crippen molar-refractivity contribution < 1.29 is 14.3 Å². The number of rotatable bonds is 5. The smallest absolute Gasteiger partial charge is 0.343 e. The number of esters is 1. The molecule has 1 unspecified atom stereocenters. The quantitative estimate of drug-likeness (QED) is 0.775. The van der Waals surface area contributed by atoms with E-state index in [0.717, 1.165) is 5.82 Å². The van der Waals surface area contributed by atoms with Gasteiger partial charge in [0.25, 0.3) is 0 Å². The first kappa shape index (κ1) is 14.6. The van der Waals surface area contributed by atoms with Crippen molar-refractivity contribution in [1.82, 2.24) is 4.98 Å². The lowest BCUT2D eigenvalue weighted by atomic mass is 9.99. The van der Waals surface area contributed by atoms with Crippen LogP contribution in [0, 0.1) is 5.41 Å². The zero-order valence-electron chi connectivity index (χ0n) is 12.8. The summed E-state index contributed by atoms with van der Waals surface area (Å²) < 4.78 is 9.92. The second-order valence-corrected chi connectivity index (χ2v) is 5.66. The van der Waals surface area contributed by atoms with Gasteiger partial charge < -0.3 is 14.4 Å². The van der Waals surface area contributed by atoms with Crippen molar-refractivity contribution in [2.24, 2.45) is 5.41 Å². The first-order chi connectivity index (χ1) is 9.42. The van der Waals surface area contributed by atoms with Gasteiger partial charge in [0, 0.05) is 13.1 Å². The molecule has 1 atom stereocenters. The molecule has 1 aromatic heterocycles. The summed E-state index contributed by atoms with van der Waals surface area (Å²) in [6, 6.07) is 3.92. The van der Waals surface area contributed by atoms with Crippen LogP contribution < -0.4 is 9.64 Å². The average Bonchev–Trinajstić information content (AvgIpc) is 3.23. The Kier molecular flexibility index (Phi) is 3.88. The molecule has 1 saturated carbocycles. The number of ether oxygens (including phenoxy) is 2. The summed E-state index contributed by atoms with van der Waals surface area (Å²) >= 11 is 0. The topological polar surface area (TPSA) is 51.7 Å². The number of carbonyl (C=O) groups excluding carboxylic acids is 1. The maximum Gasteiger partial charge on any atom is 0.343 e. The minimum Gasteiger partial charge on any atom is -0.480 e. The third-order valence-corrected chi connectivity index (χ3v) is 4.43. The summed E-state index contributed by atoms with van der Waals surface area (Å²) in [4.78, 5) is 18.2. The molecule has 5 nitrogen and oxygen atoms in total. The fraction of sp³-hybridized carbons (Fsp3) is 0.600. The molecule has 1 aliphatic rings. The minimum absolute atomic E-state index is 0.300. The summed E-state index contributed by atoms with van der Waals surface area (Å²) in [7, 11) is 4.87. The number of anilines is 1. The number of hydrogen-bond donors (Lipinski definition) is 0. The lowest BCUT2D eigenvalue weighted by Gasteiger charge is -2.31. The largest absolute Gasteiger partial charge is 0.480 e. The van der Waals surface area contributed by atoms with Crippen LogP contribution in [0.3, 0.4) is 0 Å². The Morgan fingerprint density at radius 3 is 2.55 bits per heavy atom. The van der Waals surface area contributed by atoms with Gasteiger partial charge in [-0.2, -0.15) is 4.98 Å². The molecule has 0 aromatic carbocycles. The maximum absolute atomic E-state index is 11.6. The third-order valence-electron chi connectivity index (χ3n) is 4.43. The lowest BCUT2D eigenvalue weighted by molar-refractivity contribution is 0.0596. The fourth-order valence-electron chi connectivity index (χ4n) is 2.33. The average molecular weight is 278 g/mol. The zero-order valence-corrected chi connectivity index (χ0v) is 12.8. The van der Waals surface area contributed by atoms with Crippen molar-refractivity contribution in [3.8, 4) is 5.88 Å². The van der Waals surface area contributed by atoms with Crippen LogP contribution in [0.15, 0.2) is 12.1 Å². The predicted molar refractivity (Wildman–Crippen MR) is 77.3 cm³/mol. The number of carbonyl (C=O) groups is 1. The van der Waals surface area contributed by atoms with Crippen LogP contribution in [0.4, 0.5) is 5.82 Å². The molecular weight excluding hydrogens is 256 g/mol. The van der Waals surface area contributed by atoms with Crippen molar-refractivity contribution in [3.63, 3.8) is 0 Å². The van der Waals surface area contributed by atoms with Gasteiger partial charge in [0.05, 0.1) is 14.2 Å². The Balaban J connectivity index is 2.27. The van der Waals surface area contributed by atoms with Crippen LogP contribution in [0.25, 0.3) is 0 Å². The second-order valence-electron chi connectivity index (χ2n) is 5.66. The van der Waals surface area contributed by atoms with Crippen molar-refractivity contribution in [1.29, 1.82) is 0 Å². The molecular formula is C15H22N2O3. The van der Waals surface area contributed by atoms with E-state index in [2.05, 4.69) is 23.7 Å². The summed E-state index contributed by atoms with van der Waals surface area (Å²) in [6.45, 7) is 4.49. The van der Waals surface area contributed by atoms with Gasteiger partial charge in [0.1, 0.15) is 11.4 Å². The molecule has 110 valence electrons. The zero-order chi connectivity index (χ0) is 14.9. The van der Waals surface area contributed by atoms with E-state index in [-0.39, 0.29) is 0 Å². The van der Waals surface area contributed by atoms with Gasteiger partial charge in [-0.05, 0) is 37.3 Å². The number of hydrogen-bond acceptors (Lipinski definition) is 5. The molecule has 0 bridgehead atoms. The van der Waals surface area contributed by atoms with Gasteiger partial charge in [0.2, 0.25) is 5.88 Å². The lowest BCUT2D eigenvalue weighted by Crippen LogP contribution is -2.36. The first-order valence-electron chi connectivity index (χ1n) is 6.79. The number of nitrogens with zero attached hydrogens (tertiary/aromatic N) is 2. The molecule has 2 rings (SSSR count). The van der Waals surface area contributed by atoms with Gasteiger partial charge in [-0.1, -0.05) is 6.92 Å². The van der Waals surface area contributed by atoms with Crippen LogP contribution in [-0.4, -0.2) is 38.3 Å². The van der Waals surface area contributed by atoms with Crippen molar-refractivity contribution in [2.75, 3.05) is 26.2 Å². The van der Waals surface area contributed by atoms with Crippen LogP contribution in [0.5, 0.6) is 5.88 Å². The minimum atomic E-state index is -0.439. The Morgan fingerprint density at radius 2 is 2.05 bits per heavy atom. The van der Waals surface area contributed by atoms with E-state index in [1.807, 2.05) is 13.1 Å². The van der Waals surface area contributed by atoms with E-state index in [1.165, 1.54) is 27.1 Å². The van der Waals surface area contributed by atoms with Gasteiger partial charge in [-0.3, -0.25) is 0 Å². The Bertz CT molecular complexity index is 512. The highest BCUT2D eigenvalue weighted by molar-refractivity contribution is 5.92. The first-order valence-corrected chi connectivity index (χ1v) is 6.79. The molecule has 0 saturated heterocycles. The van der Waals surface area contributed by atoms with E-state index in [9.17, 15) is 4.79 Å². The van der Waals surface area contributed by atoms with E-state index in [1.54, 1.807) is 6.07 Å². The van der Waals surface area contributed by atoms with Crippen molar-refractivity contribution in [2.45, 2.75) is 32.7 Å². The van der Waals surface area contributed by atoms with E-state index in [4.69, 9.17) is 9.47 Å². The van der Waals surface area contributed by atoms with Gasteiger partial charge in [0.15, 0.2) is 0 Å². The molecule has 1 aliphatic carbocycles. The molecule has 0 N–H and O–H groups in total.